The van der Waals surface area contributed by atoms with Gasteiger partial charge in [0.1, 0.15) is 5.75 Å². The highest BCUT2D eigenvalue weighted by Gasteiger charge is 2.09. The van der Waals surface area contributed by atoms with Crippen LogP contribution in [0.1, 0.15) is 11.1 Å². The van der Waals surface area contributed by atoms with Gasteiger partial charge in [0.25, 0.3) is 0 Å². The summed E-state index contributed by atoms with van der Waals surface area (Å²) in [4.78, 5) is 8.45. The minimum atomic E-state index is 0.613. The molecule has 0 aliphatic carbocycles. The highest BCUT2D eigenvalue weighted by atomic mass is 16.5. The highest BCUT2D eigenvalue weighted by molar-refractivity contribution is 5.71. The van der Waals surface area contributed by atoms with E-state index in [-0.39, 0.29) is 0 Å². The third-order valence-electron chi connectivity index (χ3n) is 3.00. The maximum Gasteiger partial charge on any atom is 0.222 e. The van der Waals surface area contributed by atoms with Crippen LogP contribution in [0.15, 0.2) is 24.5 Å². The average molecular weight is 243 g/mol. The first-order valence-corrected chi connectivity index (χ1v) is 5.81. The third-order valence-corrected chi connectivity index (χ3v) is 3.00. The van der Waals surface area contributed by atoms with Crippen molar-refractivity contribution in [2.24, 2.45) is 0 Å². The lowest BCUT2D eigenvalue weighted by molar-refractivity contribution is 0.416. The van der Waals surface area contributed by atoms with Gasteiger partial charge in [-0.25, -0.2) is 9.97 Å². The van der Waals surface area contributed by atoms with Crippen LogP contribution >= 0.6 is 0 Å². The average Bonchev–Trinajstić information content (AvgIpc) is 2.41. The smallest absolute Gasteiger partial charge is 0.222 e. The number of aryl methyl sites for hydroxylation is 2. The van der Waals surface area contributed by atoms with Crippen LogP contribution in [0.5, 0.6) is 5.75 Å². The molecule has 94 valence electrons. The third kappa shape index (κ3) is 2.27. The Hall–Kier alpha value is -2.10. The van der Waals surface area contributed by atoms with Crippen molar-refractivity contribution in [3.63, 3.8) is 0 Å². The minimum absolute atomic E-state index is 0.613. The molecule has 0 amide bonds. The van der Waals surface area contributed by atoms with Gasteiger partial charge in [-0.2, -0.15) is 0 Å². The second-order valence-corrected chi connectivity index (χ2v) is 4.18. The van der Waals surface area contributed by atoms with Crippen molar-refractivity contribution in [3.8, 4) is 16.9 Å². The second-order valence-electron chi connectivity index (χ2n) is 4.18. The normalized spacial score (nSPS) is 10.2. The minimum Gasteiger partial charge on any atom is -0.496 e. The topological polar surface area (TPSA) is 47.0 Å². The molecular formula is C14H17N3O. The number of benzene rings is 1. The molecule has 0 aliphatic heterocycles. The Bertz CT molecular complexity index is 550. The number of ether oxygens (including phenoxy) is 1. The molecule has 0 saturated heterocycles. The second kappa shape index (κ2) is 5.04. The molecule has 0 spiro atoms. The summed E-state index contributed by atoms with van der Waals surface area (Å²) in [7, 11) is 3.47. The molecule has 0 unspecified atom stereocenters. The van der Waals surface area contributed by atoms with Crippen LogP contribution in [0, 0.1) is 13.8 Å². The van der Waals surface area contributed by atoms with Crippen molar-refractivity contribution in [1.29, 1.82) is 0 Å². The molecule has 1 N–H and O–H groups in total. The van der Waals surface area contributed by atoms with E-state index in [1.165, 1.54) is 11.1 Å². The molecule has 0 saturated carbocycles. The molecule has 18 heavy (non-hydrogen) atoms. The Labute approximate surface area is 107 Å². The molecule has 1 aromatic heterocycles. The summed E-state index contributed by atoms with van der Waals surface area (Å²) in [5, 5.41) is 2.90. The number of anilines is 1. The van der Waals surface area contributed by atoms with Gasteiger partial charge in [0.05, 0.1) is 7.11 Å². The van der Waals surface area contributed by atoms with Crippen molar-refractivity contribution in [2.45, 2.75) is 13.8 Å². The Morgan fingerprint density at radius 1 is 1.06 bits per heavy atom. The molecule has 4 nitrogen and oxygen atoms in total. The highest BCUT2D eigenvalue weighted by Crippen LogP contribution is 2.31. The monoisotopic (exact) mass is 243 g/mol. The summed E-state index contributed by atoms with van der Waals surface area (Å²) in [6.07, 6.45) is 3.59. The van der Waals surface area contributed by atoms with E-state index in [0.717, 1.165) is 16.9 Å². The SMILES string of the molecule is CNc1ncc(-c2cc(C)c(C)cc2OC)cn1. The molecule has 0 fully saturated rings. The van der Waals surface area contributed by atoms with Crippen molar-refractivity contribution in [3.05, 3.63) is 35.7 Å². The number of rotatable bonds is 3. The van der Waals surface area contributed by atoms with Crippen molar-refractivity contribution in [2.75, 3.05) is 19.5 Å². The zero-order valence-corrected chi connectivity index (χ0v) is 11.1. The van der Waals surface area contributed by atoms with Crippen molar-refractivity contribution in [1.82, 2.24) is 9.97 Å². The van der Waals surface area contributed by atoms with Gasteiger partial charge in [0.15, 0.2) is 0 Å². The zero-order chi connectivity index (χ0) is 13.1. The fourth-order valence-corrected chi connectivity index (χ4v) is 1.78. The molecule has 1 aromatic carbocycles. The van der Waals surface area contributed by atoms with Crippen LogP contribution in [-0.2, 0) is 0 Å². The lowest BCUT2D eigenvalue weighted by atomic mass is 10.0. The maximum absolute atomic E-state index is 5.42. The number of aromatic nitrogens is 2. The number of nitrogens with zero attached hydrogens (tertiary/aromatic N) is 2. The van der Waals surface area contributed by atoms with Crippen LogP contribution in [-0.4, -0.2) is 24.1 Å². The molecule has 0 bridgehead atoms. The summed E-state index contributed by atoms with van der Waals surface area (Å²) < 4.78 is 5.42. The van der Waals surface area contributed by atoms with E-state index in [0.29, 0.717) is 5.95 Å². The van der Waals surface area contributed by atoms with Gasteiger partial charge in [-0.1, -0.05) is 0 Å². The first kappa shape index (κ1) is 12.4. The summed E-state index contributed by atoms with van der Waals surface area (Å²) in [6, 6.07) is 4.14. The van der Waals surface area contributed by atoms with Gasteiger partial charge in [-0.05, 0) is 37.1 Å². The van der Waals surface area contributed by atoms with E-state index in [9.17, 15) is 0 Å². The first-order valence-electron chi connectivity index (χ1n) is 5.81. The Kier molecular flexibility index (Phi) is 3.46. The lowest BCUT2D eigenvalue weighted by Gasteiger charge is -2.11. The van der Waals surface area contributed by atoms with Crippen molar-refractivity contribution >= 4 is 5.95 Å². The van der Waals surface area contributed by atoms with Gasteiger partial charge >= 0.3 is 0 Å². The predicted molar refractivity (Wildman–Crippen MR) is 73.0 cm³/mol. The van der Waals surface area contributed by atoms with Gasteiger partial charge < -0.3 is 10.1 Å². The van der Waals surface area contributed by atoms with Crippen molar-refractivity contribution < 1.29 is 4.74 Å². The Morgan fingerprint density at radius 2 is 1.67 bits per heavy atom. The number of hydrogen-bond acceptors (Lipinski definition) is 4. The zero-order valence-electron chi connectivity index (χ0n) is 11.1. The number of nitrogens with one attached hydrogen (secondary N) is 1. The van der Waals surface area contributed by atoms with Gasteiger partial charge in [-0.15, -0.1) is 0 Å². The molecule has 0 aliphatic rings. The van der Waals surface area contributed by atoms with E-state index in [4.69, 9.17) is 4.74 Å². The molecule has 4 heteroatoms. The Morgan fingerprint density at radius 3 is 2.22 bits per heavy atom. The van der Waals surface area contributed by atoms with Gasteiger partial charge in [-0.3, -0.25) is 0 Å². The van der Waals surface area contributed by atoms with Gasteiger partial charge in [0, 0.05) is 30.6 Å². The Balaban J connectivity index is 2.51. The van der Waals surface area contributed by atoms with Gasteiger partial charge in [0.2, 0.25) is 5.95 Å². The van der Waals surface area contributed by atoms with E-state index < -0.39 is 0 Å². The molecule has 0 radical (unpaired) electrons. The first-order chi connectivity index (χ1) is 8.65. The fourth-order valence-electron chi connectivity index (χ4n) is 1.78. The van der Waals surface area contributed by atoms with Crippen LogP contribution in [0.2, 0.25) is 0 Å². The number of hydrogen-bond donors (Lipinski definition) is 1. The molecule has 0 atom stereocenters. The lowest BCUT2D eigenvalue weighted by Crippen LogP contribution is -1.97. The van der Waals surface area contributed by atoms with Crippen LogP contribution in [0.4, 0.5) is 5.95 Å². The largest absolute Gasteiger partial charge is 0.496 e. The summed E-state index contributed by atoms with van der Waals surface area (Å²) in [5.41, 5.74) is 4.41. The summed E-state index contributed by atoms with van der Waals surface area (Å²) >= 11 is 0. The quantitative estimate of drug-likeness (QED) is 0.900. The van der Waals surface area contributed by atoms with E-state index in [1.807, 2.05) is 6.07 Å². The number of methoxy groups -OCH3 is 1. The van der Waals surface area contributed by atoms with E-state index in [2.05, 4.69) is 35.2 Å². The summed E-state index contributed by atoms with van der Waals surface area (Å²) in [5.74, 6) is 1.46. The van der Waals surface area contributed by atoms with Crippen LogP contribution in [0.25, 0.3) is 11.1 Å². The van der Waals surface area contributed by atoms with E-state index >= 15 is 0 Å². The predicted octanol–water partition coefficient (Wildman–Crippen LogP) is 2.81. The fraction of sp³-hybridized carbons (Fsp3) is 0.286. The van der Waals surface area contributed by atoms with Crippen LogP contribution in [0.3, 0.4) is 0 Å². The molecule has 2 rings (SSSR count). The molecule has 1 heterocycles. The summed E-state index contributed by atoms with van der Waals surface area (Å²) in [6.45, 7) is 4.16. The maximum atomic E-state index is 5.42. The molecule has 2 aromatic rings. The van der Waals surface area contributed by atoms with E-state index in [1.54, 1.807) is 26.6 Å². The molecular weight excluding hydrogens is 226 g/mol. The standard InChI is InChI=1S/C14H17N3O/c1-9-5-12(13(18-4)6-10(9)2)11-7-16-14(15-3)17-8-11/h5-8H,1-4H3,(H,15,16,17). The van der Waals surface area contributed by atoms with Crippen LogP contribution < -0.4 is 10.1 Å².